The molecular formula is C15H24FNO2. The van der Waals surface area contributed by atoms with Gasteiger partial charge < -0.3 is 14.8 Å². The van der Waals surface area contributed by atoms with Crippen LogP contribution in [0.5, 0.6) is 5.75 Å². The number of nitrogens with one attached hydrogen (secondary N) is 1. The van der Waals surface area contributed by atoms with E-state index < -0.39 is 0 Å². The van der Waals surface area contributed by atoms with Crippen LogP contribution in [0, 0.1) is 5.82 Å². The highest BCUT2D eigenvalue weighted by Crippen LogP contribution is 2.21. The second kappa shape index (κ2) is 8.88. The monoisotopic (exact) mass is 269 g/mol. The third-order valence-electron chi connectivity index (χ3n) is 3.02. The minimum Gasteiger partial charge on any atom is -0.494 e. The first-order chi connectivity index (χ1) is 9.19. The van der Waals surface area contributed by atoms with Crippen molar-refractivity contribution in [3.05, 3.63) is 29.6 Å². The highest BCUT2D eigenvalue weighted by Gasteiger charge is 2.08. The molecule has 0 fully saturated rings. The summed E-state index contributed by atoms with van der Waals surface area (Å²) in [7, 11) is 1.47. The highest BCUT2D eigenvalue weighted by atomic mass is 19.1. The summed E-state index contributed by atoms with van der Waals surface area (Å²) in [6, 6.07) is 5.13. The van der Waals surface area contributed by atoms with E-state index in [9.17, 15) is 4.39 Å². The van der Waals surface area contributed by atoms with Crippen LogP contribution in [-0.2, 0) is 4.74 Å². The molecule has 4 heteroatoms. The molecule has 3 nitrogen and oxygen atoms in total. The summed E-state index contributed by atoms with van der Waals surface area (Å²) in [4.78, 5) is 0. The van der Waals surface area contributed by atoms with Crippen molar-refractivity contribution >= 4 is 0 Å². The van der Waals surface area contributed by atoms with Gasteiger partial charge in [0.2, 0.25) is 0 Å². The van der Waals surface area contributed by atoms with Gasteiger partial charge in [0.15, 0.2) is 11.6 Å². The Morgan fingerprint density at radius 2 is 2.11 bits per heavy atom. The molecule has 0 bridgehead atoms. The molecule has 1 aromatic rings. The van der Waals surface area contributed by atoms with Gasteiger partial charge in [-0.3, -0.25) is 0 Å². The van der Waals surface area contributed by atoms with Gasteiger partial charge in [0.05, 0.1) is 13.7 Å². The molecule has 0 saturated heterocycles. The molecule has 0 aliphatic rings. The van der Waals surface area contributed by atoms with E-state index in [4.69, 9.17) is 9.47 Å². The molecule has 0 aliphatic carbocycles. The molecule has 0 heterocycles. The van der Waals surface area contributed by atoms with Crippen molar-refractivity contribution in [1.82, 2.24) is 5.32 Å². The van der Waals surface area contributed by atoms with Gasteiger partial charge in [0, 0.05) is 19.2 Å². The topological polar surface area (TPSA) is 30.5 Å². The van der Waals surface area contributed by atoms with Crippen LogP contribution in [0.1, 0.15) is 38.3 Å². The average molecular weight is 269 g/mol. The second-order valence-corrected chi connectivity index (χ2v) is 4.54. The summed E-state index contributed by atoms with van der Waals surface area (Å²) in [6.07, 6.45) is 2.24. The Morgan fingerprint density at radius 3 is 2.74 bits per heavy atom. The molecule has 108 valence electrons. The van der Waals surface area contributed by atoms with E-state index in [0.717, 1.165) is 31.6 Å². The Labute approximate surface area is 115 Å². The van der Waals surface area contributed by atoms with Crippen molar-refractivity contribution in [3.63, 3.8) is 0 Å². The van der Waals surface area contributed by atoms with Crippen LogP contribution in [0.25, 0.3) is 0 Å². The van der Waals surface area contributed by atoms with E-state index >= 15 is 0 Å². The van der Waals surface area contributed by atoms with Crippen molar-refractivity contribution < 1.29 is 13.9 Å². The number of hydrogen-bond acceptors (Lipinski definition) is 3. The fourth-order valence-corrected chi connectivity index (χ4v) is 1.77. The van der Waals surface area contributed by atoms with Crippen LogP contribution in [0.15, 0.2) is 18.2 Å². The molecule has 19 heavy (non-hydrogen) atoms. The highest BCUT2D eigenvalue weighted by molar-refractivity contribution is 5.30. The van der Waals surface area contributed by atoms with E-state index in [1.807, 2.05) is 13.0 Å². The minimum absolute atomic E-state index is 0.0928. The maximum absolute atomic E-state index is 13.6. The molecule has 1 rings (SSSR count). The Hall–Kier alpha value is -1.13. The predicted octanol–water partition coefficient (Wildman–Crippen LogP) is 3.30. The van der Waals surface area contributed by atoms with Gasteiger partial charge in [-0.2, -0.15) is 0 Å². The van der Waals surface area contributed by atoms with E-state index in [0.29, 0.717) is 6.61 Å². The molecule has 0 spiro atoms. The number of rotatable bonds is 9. The number of halogens is 1. The summed E-state index contributed by atoms with van der Waals surface area (Å²) in [5.41, 5.74) is 0.909. The zero-order valence-corrected chi connectivity index (χ0v) is 12.0. The first-order valence-corrected chi connectivity index (χ1v) is 6.83. The van der Waals surface area contributed by atoms with Gasteiger partial charge in [-0.1, -0.05) is 19.4 Å². The molecular weight excluding hydrogens is 245 g/mol. The van der Waals surface area contributed by atoms with Crippen molar-refractivity contribution in [2.24, 2.45) is 0 Å². The van der Waals surface area contributed by atoms with E-state index in [1.54, 1.807) is 6.07 Å². The van der Waals surface area contributed by atoms with Gasteiger partial charge >= 0.3 is 0 Å². The molecule has 0 amide bonds. The van der Waals surface area contributed by atoms with Crippen LogP contribution in [0.4, 0.5) is 4.39 Å². The number of benzene rings is 1. The molecule has 1 atom stereocenters. The zero-order valence-electron chi connectivity index (χ0n) is 12.0. The Kier molecular flexibility index (Phi) is 7.45. The van der Waals surface area contributed by atoms with Crippen LogP contribution < -0.4 is 10.1 Å². The zero-order chi connectivity index (χ0) is 14.1. The lowest BCUT2D eigenvalue weighted by molar-refractivity contribution is 0.131. The van der Waals surface area contributed by atoms with E-state index in [1.165, 1.54) is 13.2 Å². The van der Waals surface area contributed by atoms with Crippen LogP contribution >= 0.6 is 0 Å². The summed E-state index contributed by atoms with van der Waals surface area (Å²) in [6.45, 7) is 6.40. The number of hydrogen-bond donors (Lipinski definition) is 1. The molecule has 0 aromatic heterocycles. The molecule has 1 unspecified atom stereocenters. The smallest absolute Gasteiger partial charge is 0.165 e. The number of ether oxygens (including phenoxy) is 2. The van der Waals surface area contributed by atoms with Crippen LogP contribution in [0.3, 0.4) is 0 Å². The van der Waals surface area contributed by atoms with Gasteiger partial charge in [-0.15, -0.1) is 0 Å². The summed E-state index contributed by atoms with van der Waals surface area (Å²) < 4.78 is 23.9. The van der Waals surface area contributed by atoms with Crippen molar-refractivity contribution in [2.75, 3.05) is 26.9 Å². The predicted molar refractivity (Wildman–Crippen MR) is 75.1 cm³/mol. The Balaban J connectivity index is 2.33. The third kappa shape index (κ3) is 5.57. The van der Waals surface area contributed by atoms with Gasteiger partial charge in [-0.25, -0.2) is 4.39 Å². The number of methoxy groups -OCH3 is 1. The Morgan fingerprint density at radius 1 is 1.32 bits per heavy atom. The van der Waals surface area contributed by atoms with E-state index in [2.05, 4.69) is 12.2 Å². The molecule has 0 radical (unpaired) electrons. The summed E-state index contributed by atoms with van der Waals surface area (Å²) in [5, 5.41) is 3.31. The van der Waals surface area contributed by atoms with Crippen LogP contribution in [-0.4, -0.2) is 26.9 Å². The number of unbranched alkanes of at least 4 members (excludes halogenated alkanes) is 1. The lowest BCUT2D eigenvalue weighted by Crippen LogP contribution is -2.23. The average Bonchev–Trinajstić information content (AvgIpc) is 2.42. The lowest BCUT2D eigenvalue weighted by Gasteiger charge is -2.15. The fraction of sp³-hybridized carbons (Fsp3) is 0.600. The van der Waals surface area contributed by atoms with Crippen LogP contribution in [0.2, 0.25) is 0 Å². The molecule has 0 saturated carbocycles. The first-order valence-electron chi connectivity index (χ1n) is 6.83. The Bertz CT molecular complexity index is 371. The maximum atomic E-state index is 13.6. The molecule has 1 N–H and O–H groups in total. The second-order valence-electron chi connectivity index (χ2n) is 4.54. The quantitative estimate of drug-likeness (QED) is 0.698. The normalized spacial score (nSPS) is 12.4. The summed E-state index contributed by atoms with van der Waals surface area (Å²) in [5.74, 6) is -0.0494. The van der Waals surface area contributed by atoms with Gasteiger partial charge in [-0.05, 0) is 31.0 Å². The van der Waals surface area contributed by atoms with Gasteiger partial charge in [0.25, 0.3) is 0 Å². The van der Waals surface area contributed by atoms with Crippen molar-refractivity contribution in [1.29, 1.82) is 0 Å². The molecule has 1 aromatic carbocycles. The lowest BCUT2D eigenvalue weighted by atomic mass is 10.1. The van der Waals surface area contributed by atoms with Crippen molar-refractivity contribution in [2.45, 2.75) is 32.7 Å². The molecule has 0 aliphatic heterocycles. The van der Waals surface area contributed by atoms with Gasteiger partial charge in [0.1, 0.15) is 0 Å². The van der Waals surface area contributed by atoms with E-state index in [-0.39, 0.29) is 17.6 Å². The van der Waals surface area contributed by atoms with Crippen molar-refractivity contribution in [3.8, 4) is 5.75 Å². The standard InChI is InChI=1S/C15H24FNO2/c1-4-5-9-19-10-8-17-12(2)13-6-7-15(18-3)14(16)11-13/h6-7,11-12,17H,4-5,8-10H2,1-3H3. The third-order valence-corrected chi connectivity index (χ3v) is 3.02. The fourth-order valence-electron chi connectivity index (χ4n) is 1.77. The minimum atomic E-state index is -0.326. The summed E-state index contributed by atoms with van der Waals surface area (Å²) >= 11 is 0. The first kappa shape index (κ1) is 15.9. The maximum Gasteiger partial charge on any atom is 0.165 e. The largest absolute Gasteiger partial charge is 0.494 e. The SMILES string of the molecule is CCCCOCCNC(C)c1ccc(OC)c(F)c1.